The summed E-state index contributed by atoms with van der Waals surface area (Å²) < 4.78 is 27.1. The molecule has 0 aromatic rings. The van der Waals surface area contributed by atoms with E-state index in [1.54, 1.807) is 0 Å². The Labute approximate surface area is 196 Å². The summed E-state index contributed by atoms with van der Waals surface area (Å²) in [5.41, 5.74) is 0. The lowest BCUT2D eigenvalue weighted by molar-refractivity contribution is -0.207. The predicted octanol–water partition coefficient (Wildman–Crippen LogP) is 2.02. The standard InChI is InChI=1S/C23H39NO9/c1-6-12-29-13-10-8-7-9-11-24-14-21(31-17(3)26)23(33-19(5)28)22(32-18(4)27)20(24)15-30-16(2)25/h20-23H,6-15H2,1-5H3/t20-,21+,22-,23-/m1/s1. The van der Waals surface area contributed by atoms with E-state index in [4.69, 9.17) is 23.7 Å². The van der Waals surface area contributed by atoms with Crippen LogP contribution in [0.4, 0.5) is 0 Å². The van der Waals surface area contributed by atoms with Gasteiger partial charge < -0.3 is 23.7 Å². The van der Waals surface area contributed by atoms with E-state index in [0.717, 1.165) is 45.3 Å². The third kappa shape index (κ3) is 11.5. The lowest BCUT2D eigenvalue weighted by atomic mass is 9.92. The first-order valence-corrected chi connectivity index (χ1v) is 11.6. The van der Waals surface area contributed by atoms with E-state index < -0.39 is 48.2 Å². The third-order valence-corrected chi connectivity index (χ3v) is 5.16. The molecule has 0 amide bonds. The zero-order valence-electron chi connectivity index (χ0n) is 20.5. The lowest BCUT2D eigenvalue weighted by Gasteiger charge is -2.46. The normalized spacial score (nSPS) is 22.9. The molecule has 1 saturated heterocycles. The van der Waals surface area contributed by atoms with Crippen LogP contribution < -0.4 is 0 Å². The van der Waals surface area contributed by atoms with Crippen LogP contribution in [-0.4, -0.2) is 86.0 Å². The summed E-state index contributed by atoms with van der Waals surface area (Å²) in [5.74, 6) is -2.20. The number of unbranched alkanes of at least 4 members (excludes halogenated alkanes) is 3. The Hall–Kier alpha value is -2.20. The van der Waals surface area contributed by atoms with Crippen molar-refractivity contribution in [1.82, 2.24) is 4.90 Å². The van der Waals surface area contributed by atoms with Gasteiger partial charge in [-0.2, -0.15) is 0 Å². The van der Waals surface area contributed by atoms with Crippen LogP contribution in [0.25, 0.3) is 0 Å². The second-order valence-corrected chi connectivity index (χ2v) is 8.19. The summed E-state index contributed by atoms with van der Waals surface area (Å²) >= 11 is 0. The monoisotopic (exact) mass is 473 g/mol. The number of hydrogen-bond acceptors (Lipinski definition) is 10. The molecule has 1 heterocycles. The zero-order chi connectivity index (χ0) is 24.8. The van der Waals surface area contributed by atoms with E-state index in [0.29, 0.717) is 6.54 Å². The van der Waals surface area contributed by atoms with Crippen LogP contribution in [0.15, 0.2) is 0 Å². The number of rotatable bonds is 14. The minimum atomic E-state index is -1.01. The van der Waals surface area contributed by atoms with Gasteiger partial charge >= 0.3 is 23.9 Å². The van der Waals surface area contributed by atoms with Gasteiger partial charge in [0.05, 0.1) is 6.04 Å². The summed E-state index contributed by atoms with van der Waals surface area (Å²) in [6.07, 6.45) is 1.96. The number of ether oxygens (including phenoxy) is 5. The molecule has 1 fully saturated rings. The maximum atomic E-state index is 11.9. The molecule has 10 nitrogen and oxygen atoms in total. The van der Waals surface area contributed by atoms with Gasteiger partial charge in [0.25, 0.3) is 0 Å². The highest BCUT2D eigenvalue weighted by molar-refractivity contribution is 5.68. The Bertz CT molecular complexity index is 639. The van der Waals surface area contributed by atoms with Gasteiger partial charge in [-0.25, -0.2) is 0 Å². The van der Waals surface area contributed by atoms with Crippen molar-refractivity contribution in [3.05, 3.63) is 0 Å². The molecule has 190 valence electrons. The van der Waals surface area contributed by atoms with Crippen LogP contribution >= 0.6 is 0 Å². The average Bonchev–Trinajstić information content (AvgIpc) is 2.70. The Morgan fingerprint density at radius 3 is 1.94 bits per heavy atom. The molecule has 1 rings (SSSR count). The molecule has 10 heteroatoms. The van der Waals surface area contributed by atoms with Gasteiger partial charge in [-0.15, -0.1) is 0 Å². The molecule has 0 spiro atoms. The van der Waals surface area contributed by atoms with Crippen molar-refractivity contribution in [3.63, 3.8) is 0 Å². The second kappa shape index (κ2) is 15.6. The highest BCUT2D eigenvalue weighted by Crippen LogP contribution is 2.27. The zero-order valence-corrected chi connectivity index (χ0v) is 20.5. The molecule has 4 atom stereocenters. The summed E-state index contributed by atoms with van der Waals surface area (Å²) in [4.78, 5) is 48.8. The van der Waals surface area contributed by atoms with Crippen LogP contribution in [0.1, 0.15) is 66.7 Å². The molecule has 0 radical (unpaired) electrons. The van der Waals surface area contributed by atoms with Crippen molar-refractivity contribution >= 4 is 23.9 Å². The summed E-state index contributed by atoms with van der Waals surface area (Å²) in [7, 11) is 0. The summed E-state index contributed by atoms with van der Waals surface area (Å²) in [6.45, 7) is 9.41. The third-order valence-electron chi connectivity index (χ3n) is 5.16. The maximum Gasteiger partial charge on any atom is 0.303 e. The van der Waals surface area contributed by atoms with Crippen molar-refractivity contribution < 1.29 is 42.9 Å². The van der Waals surface area contributed by atoms with E-state index in [1.807, 2.05) is 4.90 Å². The molecule has 33 heavy (non-hydrogen) atoms. The fourth-order valence-electron chi connectivity index (χ4n) is 3.88. The molecule has 0 bridgehead atoms. The number of carbonyl (C=O) groups excluding carboxylic acids is 4. The SMILES string of the molecule is CCCOCCCCCCN1C[C@H](OC(C)=O)[C@@H](OC(C)=O)[C@H](OC(C)=O)[C@H]1COC(C)=O. The minimum absolute atomic E-state index is 0.0529. The predicted molar refractivity (Wildman–Crippen MR) is 118 cm³/mol. The molecular formula is C23H39NO9. The first-order valence-electron chi connectivity index (χ1n) is 11.6. The Morgan fingerprint density at radius 2 is 1.36 bits per heavy atom. The van der Waals surface area contributed by atoms with Crippen molar-refractivity contribution in [3.8, 4) is 0 Å². The average molecular weight is 474 g/mol. The molecular weight excluding hydrogens is 434 g/mol. The van der Waals surface area contributed by atoms with Crippen molar-refractivity contribution in [2.75, 3.05) is 32.9 Å². The smallest absolute Gasteiger partial charge is 0.303 e. The Morgan fingerprint density at radius 1 is 0.758 bits per heavy atom. The molecule has 0 aliphatic carbocycles. The maximum absolute atomic E-state index is 11.9. The van der Waals surface area contributed by atoms with Gasteiger partial charge in [0.2, 0.25) is 0 Å². The van der Waals surface area contributed by atoms with Gasteiger partial charge in [0.1, 0.15) is 6.61 Å². The highest BCUT2D eigenvalue weighted by Gasteiger charge is 2.49. The topological polar surface area (TPSA) is 118 Å². The Balaban J connectivity index is 2.96. The van der Waals surface area contributed by atoms with E-state index >= 15 is 0 Å². The summed E-state index contributed by atoms with van der Waals surface area (Å²) in [5, 5.41) is 0. The molecule has 1 aliphatic rings. The van der Waals surface area contributed by atoms with Crippen molar-refractivity contribution in [2.45, 2.75) is 91.1 Å². The number of piperidine rings is 1. The van der Waals surface area contributed by atoms with Crippen LogP contribution in [0.5, 0.6) is 0 Å². The largest absolute Gasteiger partial charge is 0.464 e. The first-order chi connectivity index (χ1) is 15.6. The van der Waals surface area contributed by atoms with E-state index in [1.165, 1.54) is 27.7 Å². The molecule has 0 unspecified atom stereocenters. The molecule has 0 saturated carbocycles. The highest BCUT2D eigenvalue weighted by atomic mass is 16.6. The fourth-order valence-corrected chi connectivity index (χ4v) is 3.88. The van der Waals surface area contributed by atoms with Gasteiger partial charge in [-0.05, 0) is 25.8 Å². The summed E-state index contributed by atoms with van der Waals surface area (Å²) in [6, 6.07) is -0.554. The van der Waals surface area contributed by atoms with E-state index in [9.17, 15) is 19.2 Å². The van der Waals surface area contributed by atoms with Crippen molar-refractivity contribution in [1.29, 1.82) is 0 Å². The number of hydrogen-bond donors (Lipinski definition) is 0. The van der Waals surface area contributed by atoms with Crippen LogP contribution in [-0.2, 0) is 42.9 Å². The van der Waals surface area contributed by atoms with E-state index in [2.05, 4.69) is 6.92 Å². The lowest BCUT2D eigenvalue weighted by Crippen LogP contribution is -2.65. The molecule has 0 N–H and O–H groups in total. The Kier molecular flexibility index (Phi) is 13.6. The number of nitrogens with zero attached hydrogens (tertiary/aromatic N) is 1. The molecule has 0 aromatic heterocycles. The van der Waals surface area contributed by atoms with Crippen molar-refractivity contribution in [2.24, 2.45) is 0 Å². The van der Waals surface area contributed by atoms with Gasteiger partial charge in [0.15, 0.2) is 18.3 Å². The molecule has 0 aromatic carbocycles. The number of carbonyl (C=O) groups is 4. The second-order valence-electron chi connectivity index (χ2n) is 8.19. The molecule has 1 aliphatic heterocycles. The van der Waals surface area contributed by atoms with Gasteiger partial charge in [-0.3, -0.25) is 24.1 Å². The van der Waals surface area contributed by atoms with Crippen LogP contribution in [0.2, 0.25) is 0 Å². The first kappa shape index (κ1) is 28.8. The van der Waals surface area contributed by atoms with Crippen LogP contribution in [0.3, 0.4) is 0 Å². The minimum Gasteiger partial charge on any atom is -0.464 e. The van der Waals surface area contributed by atoms with Gasteiger partial charge in [0, 0.05) is 47.5 Å². The van der Waals surface area contributed by atoms with Gasteiger partial charge in [-0.1, -0.05) is 19.8 Å². The van der Waals surface area contributed by atoms with Crippen LogP contribution in [0, 0.1) is 0 Å². The number of esters is 4. The fraction of sp³-hybridized carbons (Fsp3) is 0.826. The van der Waals surface area contributed by atoms with E-state index in [-0.39, 0.29) is 13.2 Å². The number of likely N-dealkylation sites (tertiary alicyclic amines) is 1. The quantitative estimate of drug-likeness (QED) is 0.211.